The van der Waals surface area contributed by atoms with Crippen LogP contribution in [0, 0.1) is 5.82 Å². The van der Waals surface area contributed by atoms with Gasteiger partial charge in [-0.3, -0.25) is 9.59 Å². The molecule has 9 nitrogen and oxygen atoms in total. The van der Waals surface area contributed by atoms with E-state index in [0.717, 1.165) is 68.9 Å². The predicted octanol–water partition coefficient (Wildman–Crippen LogP) is 5.78. The Morgan fingerprint density at radius 1 is 1.00 bits per heavy atom. The van der Waals surface area contributed by atoms with Crippen molar-refractivity contribution in [1.29, 1.82) is 0 Å². The summed E-state index contributed by atoms with van der Waals surface area (Å²) >= 11 is 0. The summed E-state index contributed by atoms with van der Waals surface area (Å²) in [6.07, 6.45) is 5.32. The Kier molecular flexibility index (Phi) is 9.85. The molecule has 0 aliphatic carbocycles. The van der Waals surface area contributed by atoms with Crippen LogP contribution in [-0.4, -0.2) is 64.0 Å². The molecule has 2 saturated heterocycles. The molecule has 0 radical (unpaired) electrons. The summed E-state index contributed by atoms with van der Waals surface area (Å²) in [5, 5.41) is 11.7. The van der Waals surface area contributed by atoms with Gasteiger partial charge in [-0.05, 0) is 86.2 Å². The maximum Gasteiger partial charge on any atom is 0.254 e. The van der Waals surface area contributed by atoms with Crippen LogP contribution in [0.4, 0.5) is 4.39 Å². The molecule has 0 spiro atoms. The number of carbonyl (C=O) groups excluding carboxylic acids is 1. The lowest BCUT2D eigenvalue weighted by Gasteiger charge is -2.39. The van der Waals surface area contributed by atoms with Gasteiger partial charge in [-0.25, -0.2) is 4.39 Å². The molecule has 2 aromatic heterocycles. The zero-order valence-corrected chi connectivity index (χ0v) is 26.3. The van der Waals surface area contributed by atoms with Crippen molar-refractivity contribution < 1.29 is 18.7 Å². The van der Waals surface area contributed by atoms with Crippen LogP contribution in [-0.2, 0) is 11.3 Å². The summed E-state index contributed by atoms with van der Waals surface area (Å²) < 4.78 is 28.8. The summed E-state index contributed by atoms with van der Waals surface area (Å²) in [7, 11) is 0. The molecule has 1 N–H and O–H groups in total. The van der Waals surface area contributed by atoms with Crippen molar-refractivity contribution in [3.05, 3.63) is 106 Å². The number of piperidine rings is 1. The lowest BCUT2D eigenvalue weighted by molar-refractivity contribution is 0.0238. The number of hydrogen-bond acceptors (Lipinski definition) is 7. The van der Waals surface area contributed by atoms with E-state index in [4.69, 9.17) is 9.47 Å². The van der Waals surface area contributed by atoms with Crippen molar-refractivity contribution in [3.63, 3.8) is 0 Å². The van der Waals surface area contributed by atoms with Crippen LogP contribution in [0.25, 0.3) is 11.3 Å². The molecule has 46 heavy (non-hydrogen) atoms. The van der Waals surface area contributed by atoms with Gasteiger partial charge >= 0.3 is 0 Å². The standard InChI is InChI=1S/C36H40FN5O4/c1-24(2)32-10-11-33(40-39-32)25-6-8-29(9-7-25)46-34-22-30(31(37)21-26(34)23-42-16-4-3-5-35(42)43)36(44)38-27-12-17-41(18-13-27)28-14-19-45-20-15-28/h3-11,16,21-22,24,27-28H,12-15,17-20,23H2,1-2H3,(H,38,44). The van der Waals surface area contributed by atoms with Gasteiger partial charge in [-0.2, -0.15) is 10.2 Å². The van der Waals surface area contributed by atoms with E-state index >= 15 is 4.39 Å². The fourth-order valence-electron chi connectivity index (χ4n) is 6.11. The molecular formula is C36H40FN5O4. The molecule has 240 valence electrons. The molecule has 0 unspecified atom stereocenters. The number of benzene rings is 2. The van der Waals surface area contributed by atoms with Gasteiger partial charge in [0.05, 0.1) is 23.5 Å². The third-order valence-corrected chi connectivity index (χ3v) is 8.86. The largest absolute Gasteiger partial charge is 0.457 e. The number of aromatic nitrogens is 3. The summed E-state index contributed by atoms with van der Waals surface area (Å²) in [6.45, 7) is 7.59. The number of hydrogen-bond donors (Lipinski definition) is 1. The normalized spacial score (nSPS) is 16.4. The van der Waals surface area contributed by atoms with E-state index in [2.05, 4.69) is 34.3 Å². The van der Waals surface area contributed by atoms with Crippen LogP contribution >= 0.6 is 0 Å². The molecule has 10 heteroatoms. The first-order chi connectivity index (χ1) is 22.3. The van der Waals surface area contributed by atoms with Crippen molar-refractivity contribution in [1.82, 2.24) is 25.0 Å². The molecule has 4 aromatic rings. The van der Waals surface area contributed by atoms with Crippen LogP contribution in [0.3, 0.4) is 0 Å². The van der Waals surface area contributed by atoms with Gasteiger partial charge in [0.1, 0.15) is 17.3 Å². The molecule has 0 atom stereocenters. The fraction of sp³-hybridized carbons (Fsp3) is 0.389. The molecular weight excluding hydrogens is 585 g/mol. The van der Waals surface area contributed by atoms with Crippen LogP contribution in [0.2, 0.25) is 0 Å². The zero-order valence-electron chi connectivity index (χ0n) is 26.3. The highest BCUT2D eigenvalue weighted by atomic mass is 19.1. The first-order valence-electron chi connectivity index (χ1n) is 16.1. The Bertz CT molecular complexity index is 1690. The van der Waals surface area contributed by atoms with Crippen molar-refractivity contribution >= 4 is 5.91 Å². The Labute approximate surface area is 268 Å². The molecule has 2 aliphatic heterocycles. The average molecular weight is 626 g/mol. The van der Waals surface area contributed by atoms with Crippen molar-refractivity contribution in [3.8, 4) is 22.8 Å². The Hall–Kier alpha value is -4.41. The van der Waals surface area contributed by atoms with Gasteiger partial charge in [-0.15, -0.1) is 0 Å². The molecule has 0 bridgehead atoms. The third kappa shape index (κ3) is 7.51. The lowest BCUT2D eigenvalue weighted by atomic mass is 9.99. The van der Waals surface area contributed by atoms with Crippen molar-refractivity contribution in [2.45, 2.75) is 64.1 Å². The maximum absolute atomic E-state index is 15.6. The fourth-order valence-corrected chi connectivity index (χ4v) is 6.11. The average Bonchev–Trinajstić information content (AvgIpc) is 3.08. The van der Waals surface area contributed by atoms with Gasteiger partial charge in [0.2, 0.25) is 0 Å². The van der Waals surface area contributed by atoms with Crippen LogP contribution in [0.1, 0.15) is 67.1 Å². The van der Waals surface area contributed by atoms with Gasteiger partial charge in [0, 0.05) is 61.8 Å². The van der Waals surface area contributed by atoms with E-state index in [9.17, 15) is 9.59 Å². The monoisotopic (exact) mass is 625 g/mol. The number of likely N-dealkylation sites (tertiary alicyclic amines) is 1. The SMILES string of the molecule is CC(C)c1ccc(-c2ccc(Oc3cc(C(=O)NC4CCN(C5CCOCC5)CC4)c(F)cc3Cn3ccccc3=O)cc2)nn1. The number of nitrogens with one attached hydrogen (secondary N) is 1. The van der Waals surface area contributed by atoms with Crippen LogP contribution < -0.4 is 15.6 Å². The molecule has 6 rings (SSSR count). The van der Waals surface area contributed by atoms with E-state index < -0.39 is 11.7 Å². The molecule has 2 aromatic carbocycles. The maximum atomic E-state index is 15.6. The van der Waals surface area contributed by atoms with E-state index in [0.29, 0.717) is 23.1 Å². The molecule has 2 aliphatic rings. The molecule has 1 amide bonds. The predicted molar refractivity (Wildman–Crippen MR) is 174 cm³/mol. The minimum Gasteiger partial charge on any atom is -0.457 e. The first kappa shape index (κ1) is 31.6. The van der Waals surface area contributed by atoms with Gasteiger partial charge in [-0.1, -0.05) is 19.9 Å². The van der Waals surface area contributed by atoms with Crippen molar-refractivity contribution in [2.75, 3.05) is 26.3 Å². The Morgan fingerprint density at radius 2 is 1.76 bits per heavy atom. The van der Waals surface area contributed by atoms with E-state index in [1.165, 1.54) is 22.8 Å². The molecule has 4 heterocycles. The van der Waals surface area contributed by atoms with Crippen molar-refractivity contribution in [2.24, 2.45) is 0 Å². The second-order valence-corrected chi connectivity index (χ2v) is 12.4. The minimum atomic E-state index is -0.665. The number of halogens is 1. The highest BCUT2D eigenvalue weighted by Gasteiger charge is 2.28. The zero-order chi connectivity index (χ0) is 32.0. The second kappa shape index (κ2) is 14.3. The van der Waals surface area contributed by atoms with E-state index in [1.54, 1.807) is 30.5 Å². The number of rotatable bonds is 9. The number of carbonyl (C=O) groups is 1. The summed E-state index contributed by atoms with van der Waals surface area (Å²) in [4.78, 5) is 28.4. The van der Waals surface area contributed by atoms with Gasteiger partial charge in [0.25, 0.3) is 11.5 Å². The first-order valence-corrected chi connectivity index (χ1v) is 16.1. The topological polar surface area (TPSA) is 98.6 Å². The van der Waals surface area contributed by atoms with Gasteiger partial charge in [0.15, 0.2) is 0 Å². The third-order valence-electron chi connectivity index (χ3n) is 8.86. The smallest absolute Gasteiger partial charge is 0.254 e. The number of pyridine rings is 1. The molecule has 2 fully saturated rings. The van der Waals surface area contributed by atoms with E-state index in [-0.39, 0.29) is 29.6 Å². The quantitative estimate of drug-likeness (QED) is 0.252. The van der Waals surface area contributed by atoms with Crippen LogP contribution in [0.5, 0.6) is 11.5 Å². The van der Waals surface area contributed by atoms with Gasteiger partial charge < -0.3 is 24.3 Å². The summed E-state index contributed by atoms with van der Waals surface area (Å²) in [5.74, 6) is -0.0616. The number of amides is 1. The highest BCUT2D eigenvalue weighted by molar-refractivity contribution is 5.95. The van der Waals surface area contributed by atoms with E-state index in [1.807, 2.05) is 24.3 Å². The highest BCUT2D eigenvalue weighted by Crippen LogP contribution is 2.31. The van der Waals surface area contributed by atoms with Crippen LogP contribution in [0.15, 0.2) is 77.7 Å². The number of nitrogens with zero attached hydrogens (tertiary/aromatic N) is 4. The summed E-state index contributed by atoms with van der Waals surface area (Å²) in [6, 6.07) is 19.3. The Balaban J connectivity index is 1.20. The number of ether oxygens (including phenoxy) is 2. The second-order valence-electron chi connectivity index (χ2n) is 12.4. The molecule has 0 saturated carbocycles. The minimum absolute atomic E-state index is 0.0415. The summed E-state index contributed by atoms with van der Waals surface area (Å²) in [5.41, 5.74) is 2.64. The Morgan fingerprint density at radius 3 is 2.43 bits per heavy atom. The lowest BCUT2D eigenvalue weighted by Crippen LogP contribution is -2.49.